The largest absolute Gasteiger partial charge is 0.310 e. The van der Waals surface area contributed by atoms with Gasteiger partial charge in [0.05, 0.1) is 11.1 Å². The fourth-order valence-electron chi connectivity index (χ4n) is 8.32. The van der Waals surface area contributed by atoms with E-state index >= 15 is 0 Å². The lowest BCUT2D eigenvalue weighted by atomic mass is 9.70. The fraction of sp³-hybridized carbons (Fsp3) is 0.0588. The minimum Gasteiger partial charge on any atom is -0.310 e. The van der Waals surface area contributed by atoms with Gasteiger partial charge in [-0.1, -0.05) is 157 Å². The first kappa shape index (κ1) is 31.2. The summed E-state index contributed by atoms with van der Waals surface area (Å²) in [5, 5.41) is 0. The third-order valence-corrected chi connectivity index (χ3v) is 10.5. The Morgan fingerprint density at radius 2 is 1.29 bits per heavy atom. The monoisotopic (exact) mass is 661 g/mol. The average Bonchev–Trinajstić information content (AvgIpc) is 3.50. The molecule has 0 aliphatic heterocycles. The first-order chi connectivity index (χ1) is 25.8. The van der Waals surface area contributed by atoms with Gasteiger partial charge in [0.2, 0.25) is 0 Å². The zero-order valence-electron chi connectivity index (χ0n) is 28.8. The van der Waals surface area contributed by atoms with Crippen LogP contribution in [0.2, 0.25) is 0 Å². The highest BCUT2D eigenvalue weighted by Crippen LogP contribution is 2.64. The van der Waals surface area contributed by atoms with Crippen molar-refractivity contribution >= 4 is 17.1 Å². The summed E-state index contributed by atoms with van der Waals surface area (Å²) >= 11 is 0. The van der Waals surface area contributed by atoms with Gasteiger partial charge < -0.3 is 4.90 Å². The van der Waals surface area contributed by atoms with Crippen molar-refractivity contribution in [3.63, 3.8) is 0 Å². The molecule has 0 amide bonds. The summed E-state index contributed by atoms with van der Waals surface area (Å²) in [5.74, 6) is 9.11. The SMILES string of the molecule is C#C/C(=C\C=C/Cc1ccc(N(c2ccccc2)c2cccc3c2-c2ccccc2C32c3ccccc3-c3ccccc32)cc1)C1=CC=CCC#C1. The molecule has 1 spiro atoms. The summed E-state index contributed by atoms with van der Waals surface area (Å²) in [5.41, 5.74) is 16.5. The molecule has 3 aliphatic carbocycles. The van der Waals surface area contributed by atoms with E-state index in [-0.39, 0.29) is 0 Å². The van der Waals surface area contributed by atoms with E-state index in [4.69, 9.17) is 6.42 Å². The zero-order chi connectivity index (χ0) is 34.9. The van der Waals surface area contributed by atoms with E-state index in [9.17, 15) is 0 Å². The second-order valence-electron chi connectivity index (χ2n) is 13.3. The van der Waals surface area contributed by atoms with Gasteiger partial charge in [-0.25, -0.2) is 0 Å². The fourth-order valence-corrected chi connectivity index (χ4v) is 8.32. The molecule has 6 aromatic rings. The molecule has 0 atom stereocenters. The van der Waals surface area contributed by atoms with E-state index in [1.165, 1.54) is 55.8 Å². The van der Waals surface area contributed by atoms with Gasteiger partial charge in [-0.15, -0.1) is 6.42 Å². The number of terminal acetylenes is 1. The number of benzene rings is 6. The molecular weight excluding hydrogens is 627 g/mol. The molecule has 1 nitrogen and oxygen atoms in total. The Balaban J connectivity index is 1.13. The average molecular weight is 662 g/mol. The van der Waals surface area contributed by atoms with Crippen LogP contribution in [0.15, 0.2) is 193 Å². The van der Waals surface area contributed by atoms with Crippen molar-refractivity contribution in [2.24, 2.45) is 0 Å². The summed E-state index contributed by atoms with van der Waals surface area (Å²) in [4.78, 5) is 2.42. The lowest BCUT2D eigenvalue weighted by Crippen LogP contribution is -2.26. The Kier molecular flexibility index (Phi) is 7.89. The van der Waals surface area contributed by atoms with E-state index in [1.807, 2.05) is 30.4 Å². The van der Waals surface area contributed by atoms with E-state index in [2.05, 4.69) is 174 Å². The van der Waals surface area contributed by atoms with Crippen LogP contribution in [0, 0.1) is 24.2 Å². The molecule has 0 bridgehead atoms. The number of nitrogens with zero attached hydrogens (tertiary/aromatic N) is 1. The first-order valence-electron chi connectivity index (χ1n) is 17.9. The second kappa shape index (κ2) is 13.2. The third kappa shape index (κ3) is 4.99. The summed E-state index contributed by atoms with van der Waals surface area (Å²) in [6, 6.07) is 53.5. The molecule has 244 valence electrons. The first-order valence-corrected chi connectivity index (χ1v) is 17.9. The number of allylic oxidation sites excluding steroid dienone is 8. The zero-order valence-corrected chi connectivity index (χ0v) is 28.8. The van der Waals surface area contributed by atoms with Gasteiger partial charge in [-0.05, 0) is 93.4 Å². The van der Waals surface area contributed by atoms with Gasteiger partial charge >= 0.3 is 0 Å². The topological polar surface area (TPSA) is 3.24 Å². The van der Waals surface area contributed by atoms with Crippen molar-refractivity contribution in [1.82, 2.24) is 0 Å². The summed E-state index contributed by atoms with van der Waals surface area (Å²) in [7, 11) is 0. The molecule has 0 radical (unpaired) electrons. The maximum Gasteiger partial charge on any atom is 0.0726 e. The second-order valence-corrected chi connectivity index (χ2v) is 13.3. The highest BCUT2D eigenvalue weighted by Gasteiger charge is 2.52. The molecule has 1 heteroatoms. The van der Waals surface area contributed by atoms with E-state index in [0.717, 1.165) is 35.4 Å². The normalized spacial score (nSPS) is 14.4. The summed E-state index contributed by atoms with van der Waals surface area (Å²) < 4.78 is 0. The third-order valence-electron chi connectivity index (χ3n) is 10.5. The van der Waals surface area contributed by atoms with Crippen LogP contribution in [-0.4, -0.2) is 0 Å². The molecule has 0 N–H and O–H groups in total. The Morgan fingerprint density at radius 3 is 2.00 bits per heavy atom. The van der Waals surface area contributed by atoms with Gasteiger partial charge in [-0.3, -0.25) is 0 Å². The number of fused-ring (bicyclic) bond motifs is 10. The Bertz CT molecular complexity index is 2530. The molecule has 0 fully saturated rings. The minimum absolute atomic E-state index is 0.391. The summed E-state index contributed by atoms with van der Waals surface area (Å²) in [6.07, 6.45) is 19.6. The number of rotatable bonds is 7. The predicted octanol–water partition coefficient (Wildman–Crippen LogP) is 12.0. The maximum atomic E-state index is 5.84. The molecule has 9 rings (SSSR count). The highest BCUT2D eigenvalue weighted by atomic mass is 15.1. The summed E-state index contributed by atoms with van der Waals surface area (Å²) in [6.45, 7) is 0. The van der Waals surface area contributed by atoms with Crippen molar-refractivity contribution in [1.29, 1.82) is 0 Å². The van der Waals surface area contributed by atoms with E-state index in [1.54, 1.807) is 0 Å². The Labute approximate surface area is 306 Å². The van der Waals surface area contributed by atoms with Crippen molar-refractivity contribution in [3.8, 4) is 46.4 Å². The van der Waals surface area contributed by atoms with Gasteiger partial charge in [0.25, 0.3) is 0 Å². The van der Waals surface area contributed by atoms with E-state index < -0.39 is 5.41 Å². The number of para-hydroxylation sites is 1. The molecule has 6 aromatic carbocycles. The van der Waals surface area contributed by atoms with Crippen LogP contribution >= 0.6 is 0 Å². The molecule has 52 heavy (non-hydrogen) atoms. The lowest BCUT2D eigenvalue weighted by molar-refractivity contribution is 0.794. The molecule has 0 aromatic heterocycles. The van der Waals surface area contributed by atoms with Crippen LogP contribution in [0.4, 0.5) is 17.1 Å². The molecule has 3 aliphatic rings. The van der Waals surface area contributed by atoms with Gasteiger partial charge in [0.1, 0.15) is 0 Å². The maximum absolute atomic E-state index is 5.84. The van der Waals surface area contributed by atoms with Crippen molar-refractivity contribution in [2.75, 3.05) is 4.90 Å². The number of hydrogen-bond acceptors (Lipinski definition) is 1. The van der Waals surface area contributed by atoms with Crippen LogP contribution in [0.5, 0.6) is 0 Å². The smallest absolute Gasteiger partial charge is 0.0726 e. The quantitative estimate of drug-likeness (QED) is 0.121. The van der Waals surface area contributed by atoms with Gasteiger partial charge in [0, 0.05) is 34.5 Å². The van der Waals surface area contributed by atoms with Crippen LogP contribution < -0.4 is 4.90 Å². The lowest BCUT2D eigenvalue weighted by Gasteiger charge is -2.31. The standard InChI is InChI=1S/C51H35N/c1-2-38(39-21-6-3-4-7-22-39)20-11-10-19-37-33-35-41(36-34-37)52(40-23-8-5-9-24-40)49-32-18-31-48-50(49)44-27-14-17-30-47(44)51(48)45-28-15-12-25-42(45)43-26-13-16-29-46(43)51/h1,3,5-6,8-18,20-21,23-36H,4,19H2/b11-10-,38-20+. The van der Waals surface area contributed by atoms with Gasteiger partial charge in [0.15, 0.2) is 0 Å². The Morgan fingerprint density at radius 1 is 0.673 bits per heavy atom. The minimum atomic E-state index is -0.391. The molecule has 0 saturated carbocycles. The van der Waals surface area contributed by atoms with Crippen LogP contribution in [0.1, 0.15) is 34.2 Å². The number of anilines is 3. The van der Waals surface area contributed by atoms with Crippen molar-refractivity contribution < 1.29 is 0 Å². The highest BCUT2D eigenvalue weighted by molar-refractivity contribution is 6.01. The van der Waals surface area contributed by atoms with Crippen molar-refractivity contribution in [2.45, 2.75) is 18.3 Å². The molecular formula is C51H35N. The number of hydrogen-bond donors (Lipinski definition) is 0. The molecule has 0 unspecified atom stereocenters. The van der Waals surface area contributed by atoms with Crippen molar-refractivity contribution in [3.05, 3.63) is 221 Å². The van der Waals surface area contributed by atoms with Gasteiger partial charge in [-0.2, -0.15) is 0 Å². The van der Waals surface area contributed by atoms with E-state index in [0.29, 0.717) is 0 Å². The molecule has 0 saturated heterocycles. The molecule has 0 heterocycles. The van der Waals surface area contributed by atoms with Crippen LogP contribution in [-0.2, 0) is 11.8 Å². The predicted molar refractivity (Wildman–Crippen MR) is 217 cm³/mol. The van der Waals surface area contributed by atoms with Crippen LogP contribution in [0.3, 0.4) is 0 Å². The Hall–Kier alpha value is -6.80. The van der Waals surface area contributed by atoms with Crippen LogP contribution in [0.25, 0.3) is 22.3 Å².